The van der Waals surface area contributed by atoms with Gasteiger partial charge in [0.2, 0.25) is 0 Å². The summed E-state index contributed by atoms with van der Waals surface area (Å²) in [6, 6.07) is 0.481. The van der Waals surface area contributed by atoms with Gasteiger partial charge in [-0.2, -0.15) is 0 Å². The first-order valence-electron chi connectivity index (χ1n) is 3.96. The Morgan fingerprint density at radius 1 is 1.42 bits per heavy atom. The molecule has 68 valence electrons. The molecule has 0 bridgehead atoms. The second-order valence-electron chi connectivity index (χ2n) is 2.97. The lowest BCUT2D eigenvalue weighted by Gasteiger charge is -2.06. The third kappa shape index (κ3) is 7.58. The summed E-state index contributed by atoms with van der Waals surface area (Å²) in [7, 11) is 0. The lowest BCUT2D eigenvalue weighted by atomic mass is 10.2. The quantitative estimate of drug-likeness (QED) is 0.650. The number of rotatable bonds is 5. The molecule has 0 heterocycles. The van der Waals surface area contributed by atoms with Crippen LogP contribution in [0, 0.1) is 0 Å². The molecule has 0 radical (unpaired) electrons. The van der Waals surface area contributed by atoms with Crippen LogP contribution in [-0.2, 0) is 0 Å². The van der Waals surface area contributed by atoms with E-state index in [0.29, 0.717) is 11.1 Å². The summed E-state index contributed by atoms with van der Waals surface area (Å²) < 4.78 is 0. The van der Waals surface area contributed by atoms with E-state index in [0.717, 1.165) is 12.1 Å². The van der Waals surface area contributed by atoms with Crippen molar-refractivity contribution in [2.24, 2.45) is 0 Å². The van der Waals surface area contributed by atoms with Crippen molar-refractivity contribution < 1.29 is 0 Å². The van der Waals surface area contributed by atoms with E-state index in [9.17, 15) is 0 Å². The lowest BCUT2D eigenvalue weighted by Crippen LogP contribution is -2.24. The average Bonchev–Trinajstić information content (AvgIpc) is 1.96. The van der Waals surface area contributed by atoms with Gasteiger partial charge in [-0.05, 0) is 11.6 Å². The fourth-order valence-electron chi connectivity index (χ4n) is 0.602. The maximum absolute atomic E-state index is 5.54. The van der Waals surface area contributed by atoms with Crippen LogP contribution in [-0.4, -0.2) is 12.6 Å². The molecule has 0 aliphatic carbocycles. The zero-order valence-corrected chi connectivity index (χ0v) is 8.49. The molecule has 0 aromatic carbocycles. The molecule has 0 spiro atoms. The van der Waals surface area contributed by atoms with Crippen molar-refractivity contribution >= 4 is 11.6 Å². The topological polar surface area (TPSA) is 12.0 Å². The van der Waals surface area contributed by atoms with Gasteiger partial charge in [0.1, 0.15) is 0 Å². The van der Waals surface area contributed by atoms with Crippen molar-refractivity contribution in [1.82, 2.24) is 5.32 Å². The van der Waals surface area contributed by atoms with Crippen LogP contribution in [0.3, 0.4) is 0 Å². The van der Waals surface area contributed by atoms with Crippen LogP contribution in [0.5, 0.6) is 0 Å². The Morgan fingerprint density at radius 3 is 2.42 bits per heavy atom. The van der Waals surface area contributed by atoms with Gasteiger partial charge in [-0.25, -0.2) is 0 Å². The number of hydrogen-bond donors (Lipinski definition) is 1. The summed E-state index contributed by atoms with van der Waals surface area (Å²) in [4.78, 5) is 0. The van der Waals surface area contributed by atoms with Crippen LogP contribution in [0.2, 0.25) is 0 Å². The largest absolute Gasteiger partial charge is 0.310 e. The Bertz CT molecular complexity index is 192. The van der Waals surface area contributed by atoms with Gasteiger partial charge >= 0.3 is 0 Å². The highest BCUT2D eigenvalue weighted by Crippen LogP contribution is 2.01. The van der Waals surface area contributed by atoms with Gasteiger partial charge in [0.15, 0.2) is 0 Å². The van der Waals surface area contributed by atoms with E-state index in [1.807, 2.05) is 6.08 Å². The van der Waals surface area contributed by atoms with Crippen LogP contribution < -0.4 is 5.32 Å². The zero-order valence-electron chi connectivity index (χ0n) is 7.73. The van der Waals surface area contributed by atoms with E-state index in [-0.39, 0.29) is 0 Å². The molecule has 0 atom stereocenters. The minimum Gasteiger partial charge on any atom is -0.310 e. The zero-order chi connectivity index (χ0) is 9.56. The summed E-state index contributed by atoms with van der Waals surface area (Å²) in [6.45, 7) is 12.4. The van der Waals surface area contributed by atoms with Gasteiger partial charge in [-0.3, -0.25) is 0 Å². The van der Waals surface area contributed by atoms with Gasteiger partial charge in [-0.15, -0.1) is 0 Å². The lowest BCUT2D eigenvalue weighted by molar-refractivity contribution is 0.626. The van der Waals surface area contributed by atoms with Gasteiger partial charge in [0.25, 0.3) is 0 Å². The summed E-state index contributed by atoms with van der Waals surface area (Å²) in [5.41, 5.74) is 1.01. The molecule has 0 aromatic heterocycles. The highest BCUT2D eigenvalue weighted by atomic mass is 35.5. The molecule has 0 rings (SSSR count). The van der Waals surface area contributed by atoms with E-state index >= 15 is 0 Å². The molecule has 1 nitrogen and oxygen atoms in total. The van der Waals surface area contributed by atoms with Gasteiger partial charge in [0, 0.05) is 17.6 Å². The molecule has 0 saturated carbocycles. The first-order valence-corrected chi connectivity index (χ1v) is 4.34. The smallest absolute Gasteiger partial charge is 0.0334 e. The minimum absolute atomic E-state index is 0.481. The monoisotopic (exact) mass is 185 g/mol. The van der Waals surface area contributed by atoms with Crippen molar-refractivity contribution in [1.29, 1.82) is 0 Å². The average molecular weight is 186 g/mol. The Morgan fingerprint density at radius 2 is 2.00 bits per heavy atom. The highest BCUT2D eigenvalue weighted by molar-refractivity contribution is 6.30. The summed E-state index contributed by atoms with van der Waals surface area (Å²) >= 11 is 5.54. The SMILES string of the molecule is C=C(Cl)/C=C\C(=C)CNC(C)C. The summed E-state index contributed by atoms with van der Waals surface area (Å²) in [6.07, 6.45) is 3.61. The van der Waals surface area contributed by atoms with Crippen LogP contribution in [0.1, 0.15) is 13.8 Å². The first kappa shape index (κ1) is 11.5. The second-order valence-corrected chi connectivity index (χ2v) is 3.46. The van der Waals surface area contributed by atoms with Gasteiger partial charge in [0.05, 0.1) is 0 Å². The summed E-state index contributed by atoms with van der Waals surface area (Å²) in [5, 5.41) is 3.77. The molecule has 0 unspecified atom stereocenters. The molecule has 2 heteroatoms. The minimum atomic E-state index is 0.481. The van der Waals surface area contributed by atoms with Crippen LogP contribution in [0.25, 0.3) is 0 Å². The van der Waals surface area contributed by atoms with E-state index in [2.05, 4.69) is 32.3 Å². The van der Waals surface area contributed by atoms with Crippen LogP contribution in [0.4, 0.5) is 0 Å². The number of hydrogen-bond acceptors (Lipinski definition) is 1. The highest BCUT2D eigenvalue weighted by Gasteiger charge is 1.91. The van der Waals surface area contributed by atoms with E-state index in [1.54, 1.807) is 6.08 Å². The second kappa shape index (κ2) is 6.04. The molecule has 0 aromatic rings. The van der Waals surface area contributed by atoms with Crippen molar-refractivity contribution in [2.75, 3.05) is 6.54 Å². The Labute approximate surface area is 79.8 Å². The molecular formula is C10H16ClN. The van der Waals surface area contributed by atoms with E-state index < -0.39 is 0 Å². The Hall–Kier alpha value is -0.530. The fourth-order valence-corrected chi connectivity index (χ4v) is 0.665. The molecule has 0 aliphatic rings. The molecular weight excluding hydrogens is 170 g/mol. The number of halogens is 1. The predicted octanol–water partition coefficient (Wildman–Crippen LogP) is 2.85. The molecule has 12 heavy (non-hydrogen) atoms. The van der Waals surface area contributed by atoms with Crippen molar-refractivity contribution in [2.45, 2.75) is 19.9 Å². The molecule has 0 amide bonds. The fraction of sp³-hybridized carbons (Fsp3) is 0.400. The summed E-state index contributed by atoms with van der Waals surface area (Å²) in [5.74, 6) is 0. The van der Waals surface area contributed by atoms with E-state index in [4.69, 9.17) is 11.6 Å². The number of allylic oxidation sites excluding steroid dienone is 2. The van der Waals surface area contributed by atoms with Crippen molar-refractivity contribution in [3.8, 4) is 0 Å². The molecule has 0 fully saturated rings. The Balaban J connectivity index is 3.67. The molecule has 0 saturated heterocycles. The van der Waals surface area contributed by atoms with E-state index in [1.165, 1.54) is 0 Å². The molecule has 0 aliphatic heterocycles. The molecule has 1 N–H and O–H groups in total. The number of nitrogens with one attached hydrogen (secondary N) is 1. The standard InChI is InChI=1S/C10H16ClN/c1-8(2)12-7-9(3)5-6-10(4)11/h5-6,8,12H,3-4,7H2,1-2H3/b6-5-. The van der Waals surface area contributed by atoms with Crippen molar-refractivity contribution in [3.63, 3.8) is 0 Å². The third-order valence-electron chi connectivity index (χ3n) is 1.24. The van der Waals surface area contributed by atoms with Gasteiger partial charge in [-0.1, -0.05) is 44.7 Å². The van der Waals surface area contributed by atoms with Crippen LogP contribution >= 0.6 is 11.6 Å². The first-order chi connectivity index (χ1) is 5.52. The predicted molar refractivity (Wildman–Crippen MR) is 56.4 cm³/mol. The Kier molecular flexibility index (Phi) is 5.77. The third-order valence-corrected chi connectivity index (χ3v) is 1.36. The van der Waals surface area contributed by atoms with Gasteiger partial charge < -0.3 is 5.32 Å². The van der Waals surface area contributed by atoms with Crippen LogP contribution in [0.15, 0.2) is 35.9 Å². The maximum Gasteiger partial charge on any atom is 0.0334 e. The van der Waals surface area contributed by atoms with Crippen molar-refractivity contribution in [3.05, 3.63) is 35.9 Å². The maximum atomic E-state index is 5.54. The normalized spacial score (nSPS) is 11.0.